The van der Waals surface area contributed by atoms with Gasteiger partial charge >= 0.3 is 5.97 Å². The van der Waals surface area contributed by atoms with Gasteiger partial charge in [-0.3, -0.25) is 15.2 Å². The van der Waals surface area contributed by atoms with Crippen LogP contribution in [0.2, 0.25) is 5.02 Å². The molecule has 0 aliphatic carbocycles. The van der Waals surface area contributed by atoms with E-state index in [0.29, 0.717) is 33.4 Å². The molecule has 1 aliphatic heterocycles. The van der Waals surface area contributed by atoms with E-state index in [-0.39, 0.29) is 15.7 Å². The van der Waals surface area contributed by atoms with Crippen LogP contribution in [0.4, 0.5) is 11.4 Å². The number of nitro benzene ring substituents is 1. The minimum absolute atomic E-state index is 0.0568. The summed E-state index contributed by atoms with van der Waals surface area (Å²) in [7, 11) is 1.51. The number of carboxylic acids is 1. The van der Waals surface area contributed by atoms with Gasteiger partial charge in [-0.05, 0) is 60.5 Å². The van der Waals surface area contributed by atoms with Crippen LogP contribution in [-0.4, -0.2) is 51.4 Å². The van der Waals surface area contributed by atoms with Gasteiger partial charge in [0.1, 0.15) is 16.3 Å². The number of aliphatic carboxylic acids is 1. The Morgan fingerprint density at radius 3 is 2.74 bits per heavy atom. The van der Waals surface area contributed by atoms with Crippen molar-refractivity contribution >= 4 is 46.8 Å². The normalized spacial score (nSPS) is 13.8. The van der Waals surface area contributed by atoms with Gasteiger partial charge in [0.25, 0.3) is 5.69 Å². The summed E-state index contributed by atoms with van der Waals surface area (Å²) < 4.78 is 5.32. The highest BCUT2D eigenvalue weighted by atomic mass is 35.5. The number of anilines is 1. The Morgan fingerprint density at radius 1 is 1.29 bits per heavy atom. The van der Waals surface area contributed by atoms with E-state index in [1.807, 2.05) is 4.90 Å². The predicted octanol–water partition coefficient (Wildman–Crippen LogP) is 4.86. The van der Waals surface area contributed by atoms with Gasteiger partial charge in [0.15, 0.2) is 5.82 Å². The number of thioether (sulfide) groups is 1. The van der Waals surface area contributed by atoms with E-state index >= 15 is 0 Å². The average molecular weight is 502 g/mol. The quantitative estimate of drug-likeness (QED) is 0.192. The molecule has 0 bridgehead atoms. The van der Waals surface area contributed by atoms with Crippen molar-refractivity contribution in [2.45, 2.75) is 18.0 Å². The monoisotopic (exact) mass is 501 g/mol. The summed E-state index contributed by atoms with van der Waals surface area (Å²) >= 11 is 6.90. The molecule has 1 aromatic heterocycles. The highest BCUT2D eigenvalue weighted by Gasteiger charge is 2.23. The molecule has 12 heteroatoms. The number of aromatic nitrogens is 3. The zero-order valence-corrected chi connectivity index (χ0v) is 19.6. The maximum atomic E-state index is 11.9. The molecule has 0 atom stereocenters. The third-order valence-corrected chi connectivity index (χ3v) is 6.35. The van der Waals surface area contributed by atoms with Crippen LogP contribution < -0.4 is 9.64 Å². The molecule has 176 valence electrons. The van der Waals surface area contributed by atoms with Gasteiger partial charge in [0, 0.05) is 24.2 Å². The summed E-state index contributed by atoms with van der Waals surface area (Å²) in [6, 6.07) is 9.74. The first-order valence-corrected chi connectivity index (χ1v) is 11.5. The Hall–Kier alpha value is -3.57. The van der Waals surface area contributed by atoms with Gasteiger partial charge in [0.05, 0.1) is 17.6 Å². The second kappa shape index (κ2) is 10.1. The first-order chi connectivity index (χ1) is 16.4. The molecular formula is C22H20ClN5O5S. The van der Waals surface area contributed by atoms with Crippen molar-refractivity contribution in [2.75, 3.05) is 25.1 Å². The third-order valence-electron chi connectivity index (χ3n) is 5.23. The molecule has 0 saturated carbocycles. The number of nitrogens with one attached hydrogen (secondary N) is 1. The van der Waals surface area contributed by atoms with E-state index in [4.69, 9.17) is 16.3 Å². The molecule has 34 heavy (non-hydrogen) atoms. The number of benzene rings is 2. The molecule has 3 aromatic rings. The summed E-state index contributed by atoms with van der Waals surface area (Å²) in [5.74, 6) is -0.323. The number of hydrogen-bond acceptors (Lipinski definition) is 8. The van der Waals surface area contributed by atoms with E-state index in [1.165, 1.54) is 19.3 Å². The molecular weight excluding hydrogens is 482 g/mol. The number of methoxy groups -OCH3 is 1. The van der Waals surface area contributed by atoms with Crippen LogP contribution in [-0.2, 0) is 4.79 Å². The molecule has 1 fully saturated rings. The molecule has 2 N–H and O–H groups in total. The minimum atomic E-state index is -1.21. The number of carbonyl (C=O) groups is 1. The molecule has 1 saturated heterocycles. The Bertz CT molecular complexity index is 1270. The van der Waals surface area contributed by atoms with Crippen LogP contribution in [0.15, 0.2) is 46.5 Å². The molecule has 1 aliphatic rings. The van der Waals surface area contributed by atoms with Gasteiger partial charge in [0.2, 0.25) is 5.16 Å². The number of carboxylic acid groups (broad SMARTS) is 1. The summed E-state index contributed by atoms with van der Waals surface area (Å²) in [6.45, 7) is 1.52. The van der Waals surface area contributed by atoms with E-state index < -0.39 is 10.9 Å². The molecule has 10 nitrogen and oxygen atoms in total. The van der Waals surface area contributed by atoms with Crippen molar-refractivity contribution in [3.05, 3.63) is 62.0 Å². The number of nitrogens with zero attached hydrogens (tertiary/aromatic N) is 4. The number of hydrogen-bond donors (Lipinski definition) is 2. The third kappa shape index (κ3) is 5.15. The lowest BCUT2D eigenvalue weighted by Gasteiger charge is -2.17. The van der Waals surface area contributed by atoms with Crippen LogP contribution in [0.25, 0.3) is 17.5 Å². The van der Waals surface area contributed by atoms with Crippen LogP contribution in [0, 0.1) is 10.1 Å². The topological polar surface area (TPSA) is 134 Å². The zero-order chi connectivity index (χ0) is 24.2. The molecule has 2 heterocycles. The van der Waals surface area contributed by atoms with Crippen molar-refractivity contribution in [3.63, 3.8) is 0 Å². The molecule has 0 amide bonds. The standard InChI is InChI=1S/C22H20ClN5O5S/c1-33-18-7-5-14(23)12-15(18)20-24-22(26-25-20)34-19(21(29)30)11-13-4-6-16(17(10-13)28(31)32)27-8-2-3-9-27/h4-7,10-12H,2-3,8-9H2,1H3,(H,29,30)(H,24,25,26)/b19-11+. The summed E-state index contributed by atoms with van der Waals surface area (Å²) in [6.07, 6.45) is 3.33. The van der Waals surface area contributed by atoms with Gasteiger partial charge in [-0.1, -0.05) is 17.7 Å². The summed E-state index contributed by atoms with van der Waals surface area (Å²) in [4.78, 5) is 29.3. The second-order valence-electron chi connectivity index (χ2n) is 7.43. The van der Waals surface area contributed by atoms with Crippen molar-refractivity contribution in [3.8, 4) is 17.1 Å². The molecule has 4 rings (SSSR count). The maximum Gasteiger partial charge on any atom is 0.342 e. The van der Waals surface area contributed by atoms with E-state index in [2.05, 4.69) is 15.2 Å². The number of H-pyrrole nitrogens is 1. The number of halogens is 1. The first kappa shape index (κ1) is 23.6. The lowest BCUT2D eigenvalue weighted by Crippen LogP contribution is -2.18. The fourth-order valence-electron chi connectivity index (χ4n) is 3.66. The van der Waals surface area contributed by atoms with Gasteiger partial charge in [-0.15, -0.1) is 5.10 Å². The van der Waals surface area contributed by atoms with E-state index in [9.17, 15) is 20.0 Å². The fourth-order valence-corrected chi connectivity index (χ4v) is 4.54. The van der Waals surface area contributed by atoms with Gasteiger partial charge < -0.3 is 14.7 Å². The zero-order valence-electron chi connectivity index (χ0n) is 18.0. The molecule has 0 radical (unpaired) electrons. The largest absolute Gasteiger partial charge is 0.496 e. The predicted molar refractivity (Wildman–Crippen MR) is 129 cm³/mol. The number of aromatic amines is 1. The fraction of sp³-hybridized carbons (Fsp3) is 0.227. The number of nitro groups is 1. The van der Waals surface area contributed by atoms with E-state index in [0.717, 1.165) is 37.7 Å². The van der Waals surface area contributed by atoms with Crippen molar-refractivity contribution in [1.29, 1.82) is 0 Å². The van der Waals surface area contributed by atoms with Gasteiger partial charge in [-0.2, -0.15) is 0 Å². The van der Waals surface area contributed by atoms with Crippen LogP contribution in [0.3, 0.4) is 0 Å². The van der Waals surface area contributed by atoms with Crippen LogP contribution in [0.5, 0.6) is 5.75 Å². The Kier molecular flexibility index (Phi) is 7.03. The Morgan fingerprint density at radius 2 is 2.06 bits per heavy atom. The summed E-state index contributed by atoms with van der Waals surface area (Å²) in [5.41, 5.74) is 1.45. The van der Waals surface area contributed by atoms with Gasteiger partial charge in [-0.25, -0.2) is 9.78 Å². The highest BCUT2D eigenvalue weighted by Crippen LogP contribution is 2.35. The molecule has 2 aromatic carbocycles. The second-order valence-corrected chi connectivity index (χ2v) is 8.87. The van der Waals surface area contributed by atoms with E-state index in [1.54, 1.807) is 30.3 Å². The lowest BCUT2D eigenvalue weighted by molar-refractivity contribution is -0.384. The first-order valence-electron chi connectivity index (χ1n) is 10.3. The average Bonchev–Trinajstić information content (AvgIpc) is 3.51. The highest BCUT2D eigenvalue weighted by molar-refractivity contribution is 8.04. The lowest BCUT2D eigenvalue weighted by atomic mass is 10.1. The van der Waals surface area contributed by atoms with Crippen LogP contribution >= 0.6 is 23.4 Å². The molecule has 0 unspecified atom stereocenters. The van der Waals surface area contributed by atoms with Crippen molar-refractivity contribution in [2.24, 2.45) is 0 Å². The van der Waals surface area contributed by atoms with Crippen LogP contribution in [0.1, 0.15) is 18.4 Å². The Balaban J connectivity index is 1.62. The number of ether oxygens (including phenoxy) is 1. The smallest absolute Gasteiger partial charge is 0.342 e. The Labute approximate surface area is 203 Å². The number of rotatable bonds is 8. The SMILES string of the molecule is COc1ccc(Cl)cc1-c1nc(S/C(=C/c2ccc(N3CCCC3)c([N+](=O)[O-])c2)C(=O)O)n[nH]1. The summed E-state index contributed by atoms with van der Waals surface area (Å²) in [5, 5.41) is 28.8. The van der Waals surface area contributed by atoms with Crippen molar-refractivity contribution in [1.82, 2.24) is 15.2 Å². The minimum Gasteiger partial charge on any atom is -0.496 e. The molecule has 0 spiro atoms. The maximum absolute atomic E-state index is 11.9. The van der Waals surface area contributed by atoms with Crippen molar-refractivity contribution < 1.29 is 19.6 Å².